The Morgan fingerprint density at radius 3 is 1.95 bits per heavy atom. The van der Waals surface area contributed by atoms with Crippen LogP contribution in [0.5, 0.6) is 0 Å². The fourth-order valence-corrected chi connectivity index (χ4v) is 5.17. The highest BCUT2D eigenvalue weighted by atomic mass is 16.7. The first-order chi connectivity index (χ1) is 20.8. The summed E-state index contributed by atoms with van der Waals surface area (Å²) >= 11 is 0. The van der Waals surface area contributed by atoms with Crippen LogP contribution in [0.4, 0.5) is 0 Å². The Hall–Kier alpha value is -1.33. The van der Waals surface area contributed by atoms with E-state index in [0.717, 1.165) is 38.5 Å². The molecule has 9 nitrogen and oxygen atoms in total. The van der Waals surface area contributed by atoms with E-state index < -0.39 is 49.5 Å². The summed E-state index contributed by atoms with van der Waals surface area (Å²) < 4.78 is 11.1. The van der Waals surface area contributed by atoms with Crippen LogP contribution in [0.3, 0.4) is 0 Å². The molecule has 1 amide bonds. The van der Waals surface area contributed by atoms with Crippen molar-refractivity contribution in [3.8, 4) is 0 Å². The molecule has 1 rings (SSSR count). The molecule has 1 aliphatic rings. The van der Waals surface area contributed by atoms with E-state index in [1.165, 1.54) is 70.6 Å². The van der Waals surface area contributed by atoms with Gasteiger partial charge >= 0.3 is 0 Å². The Morgan fingerprint density at radius 2 is 1.33 bits per heavy atom. The molecule has 0 bridgehead atoms. The number of aliphatic hydroxyl groups excluding tert-OH is 5. The topological polar surface area (TPSA) is 149 Å². The molecule has 6 N–H and O–H groups in total. The fraction of sp³-hybridized carbons (Fsp3) is 0.853. The first-order valence-corrected chi connectivity index (χ1v) is 17.1. The van der Waals surface area contributed by atoms with Crippen molar-refractivity contribution in [1.29, 1.82) is 0 Å². The zero-order valence-corrected chi connectivity index (χ0v) is 27.0. The van der Waals surface area contributed by atoms with Crippen LogP contribution in [-0.4, -0.2) is 87.5 Å². The number of carbonyl (C=O) groups is 1. The second kappa shape index (κ2) is 25.9. The van der Waals surface area contributed by atoms with Crippen molar-refractivity contribution in [2.45, 2.75) is 172 Å². The van der Waals surface area contributed by atoms with Crippen LogP contribution in [0.2, 0.25) is 0 Å². The molecule has 7 unspecified atom stereocenters. The van der Waals surface area contributed by atoms with E-state index in [1.54, 1.807) is 6.08 Å². The quantitative estimate of drug-likeness (QED) is 0.0601. The Balaban J connectivity index is 2.56. The average molecular weight is 614 g/mol. The van der Waals surface area contributed by atoms with Gasteiger partial charge in [-0.15, -0.1) is 0 Å². The summed E-state index contributed by atoms with van der Waals surface area (Å²) in [5.74, 6) is -0.196. The number of unbranched alkanes of at least 4 members (excludes halogenated alkanes) is 14. The molecule has 0 radical (unpaired) electrons. The van der Waals surface area contributed by atoms with E-state index in [0.29, 0.717) is 6.42 Å². The maximum atomic E-state index is 12.7. The molecule has 9 heteroatoms. The lowest BCUT2D eigenvalue weighted by Gasteiger charge is -2.40. The highest BCUT2D eigenvalue weighted by Gasteiger charge is 2.44. The maximum absolute atomic E-state index is 12.7. The number of nitrogens with one attached hydrogen (secondary N) is 1. The van der Waals surface area contributed by atoms with Gasteiger partial charge in [0.25, 0.3) is 0 Å². The smallest absolute Gasteiger partial charge is 0.220 e. The Labute approximate surface area is 260 Å². The van der Waals surface area contributed by atoms with Crippen molar-refractivity contribution in [2.75, 3.05) is 13.2 Å². The summed E-state index contributed by atoms with van der Waals surface area (Å²) in [5.41, 5.74) is 0. The zero-order chi connectivity index (χ0) is 31.7. The molecule has 252 valence electrons. The predicted octanol–water partition coefficient (Wildman–Crippen LogP) is 4.82. The molecule has 1 aliphatic heterocycles. The van der Waals surface area contributed by atoms with Crippen LogP contribution in [-0.2, 0) is 14.3 Å². The molecule has 0 aliphatic carbocycles. The van der Waals surface area contributed by atoms with Crippen molar-refractivity contribution in [3.05, 3.63) is 24.3 Å². The van der Waals surface area contributed by atoms with Crippen LogP contribution < -0.4 is 5.32 Å². The van der Waals surface area contributed by atoms with Gasteiger partial charge in [-0.05, 0) is 32.1 Å². The second-order valence-electron chi connectivity index (χ2n) is 12.0. The molecule has 43 heavy (non-hydrogen) atoms. The monoisotopic (exact) mass is 613 g/mol. The van der Waals surface area contributed by atoms with Crippen LogP contribution in [0.1, 0.15) is 129 Å². The fourth-order valence-electron chi connectivity index (χ4n) is 5.17. The summed E-state index contributed by atoms with van der Waals surface area (Å²) in [4.78, 5) is 12.7. The van der Waals surface area contributed by atoms with Gasteiger partial charge in [0.2, 0.25) is 5.91 Å². The van der Waals surface area contributed by atoms with Gasteiger partial charge in [0, 0.05) is 6.42 Å². The van der Waals surface area contributed by atoms with E-state index in [9.17, 15) is 30.3 Å². The van der Waals surface area contributed by atoms with Gasteiger partial charge in [0.1, 0.15) is 24.4 Å². The number of carbonyl (C=O) groups excluding carboxylic acids is 1. The first-order valence-electron chi connectivity index (χ1n) is 17.1. The van der Waals surface area contributed by atoms with Gasteiger partial charge in [-0.25, -0.2) is 0 Å². The number of amides is 1. The van der Waals surface area contributed by atoms with Gasteiger partial charge in [0.05, 0.1) is 25.4 Å². The Bertz CT molecular complexity index is 731. The van der Waals surface area contributed by atoms with Gasteiger partial charge in [-0.1, -0.05) is 115 Å². The first kappa shape index (κ1) is 39.7. The molecular weight excluding hydrogens is 550 g/mol. The molecule has 1 saturated heterocycles. The van der Waals surface area contributed by atoms with Crippen molar-refractivity contribution < 1.29 is 39.8 Å². The number of hydrogen-bond donors (Lipinski definition) is 6. The number of allylic oxidation sites excluding steroid dienone is 3. The number of ether oxygens (including phenoxy) is 2. The Kier molecular flexibility index (Phi) is 23.9. The predicted molar refractivity (Wildman–Crippen MR) is 170 cm³/mol. The molecule has 0 aromatic heterocycles. The third kappa shape index (κ3) is 18.3. The molecule has 0 aromatic carbocycles. The van der Waals surface area contributed by atoms with Crippen LogP contribution in [0.25, 0.3) is 0 Å². The SMILES string of the molecule is CCCCCCCC/C=C/CC/C=C/C(O)C(COC1OC(CO)C(O)C(O)C1O)NC(=O)CCCCCCCCCC. The standard InChI is InChI=1S/C34H63NO8/c1-3-5-7-9-11-13-14-15-16-17-19-21-23-28(37)27(35-30(38)24-22-20-18-12-10-8-6-4-2)26-42-34-33(41)32(40)31(39)29(25-36)43-34/h15-16,21,23,27-29,31-34,36-37,39-41H,3-14,17-20,22,24-26H2,1-2H3,(H,35,38)/b16-15+,23-21+. The van der Waals surface area contributed by atoms with Gasteiger partial charge in [-0.3, -0.25) is 4.79 Å². The maximum Gasteiger partial charge on any atom is 0.220 e. The van der Waals surface area contributed by atoms with E-state index in [4.69, 9.17) is 9.47 Å². The molecule has 1 heterocycles. The van der Waals surface area contributed by atoms with Crippen LogP contribution in [0, 0.1) is 0 Å². The number of aliphatic hydroxyl groups is 5. The van der Waals surface area contributed by atoms with Gasteiger partial charge < -0.3 is 40.3 Å². The molecule has 0 spiro atoms. The highest BCUT2D eigenvalue weighted by molar-refractivity contribution is 5.76. The van der Waals surface area contributed by atoms with Crippen molar-refractivity contribution in [3.63, 3.8) is 0 Å². The zero-order valence-electron chi connectivity index (χ0n) is 27.0. The third-order valence-corrected chi connectivity index (χ3v) is 8.03. The van der Waals surface area contributed by atoms with E-state index in [2.05, 4.69) is 31.3 Å². The number of rotatable bonds is 26. The lowest BCUT2D eigenvalue weighted by atomic mass is 9.99. The molecule has 0 saturated carbocycles. The van der Waals surface area contributed by atoms with E-state index in [1.807, 2.05) is 6.08 Å². The van der Waals surface area contributed by atoms with Crippen LogP contribution in [0.15, 0.2) is 24.3 Å². The minimum absolute atomic E-state index is 0.196. The largest absolute Gasteiger partial charge is 0.394 e. The van der Waals surface area contributed by atoms with Gasteiger partial charge in [-0.2, -0.15) is 0 Å². The lowest BCUT2D eigenvalue weighted by Crippen LogP contribution is -2.60. The number of hydrogen-bond acceptors (Lipinski definition) is 8. The van der Waals surface area contributed by atoms with Crippen LogP contribution >= 0.6 is 0 Å². The van der Waals surface area contributed by atoms with Crippen molar-refractivity contribution in [2.24, 2.45) is 0 Å². The highest BCUT2D eigenvalue weighted by Crippen LogP contribution is 2.22. The second-order valence-corrected chi connectivity index (χ2v) is 12.0. The van der Waals surface area contributed by atoms with Gasteiger partial charge in [0.15, 0.2) is 6.29 Å². The molecule has 1 fully saturated rings. The van der Waals surface area contributed by atoms with E-state index >= 15 is 0 Å². The summed E-state index contributed by atoms with van der Waals surface area (Å²) in [6.45, 7) is 3.66. The molecular formula is C34H63NO8. The van der Waals surface area contributed by atoms with Crippen molar-refractivity contribution in [1.82, 2.24) is 5.32 Å². The third-order valence-electron chi connectivity index (χ3n) is 8.03. The lowest BCUT2D eigenvalue weighted by molar-refractivity contribution is -0.302. The minimum Gasteiger partial charge on any atom is -0.394 e. The Morgan fingerprint density at radius 1 is 0.767 bits per heavy atom. The normalized spacial score (nSPS) is 24.1. The summed E-state index contributed by atoms with van der Waals surface area (Å²) in [6.07, 6.45) is 19.5. The van der Waals surface area contributed by atoms with E-state index in [-0.39, 0.29) is 12.5 Å². The molecule has 7 atom stereocenters. The minimum atomic E-state index is -1.56. The molecule has 0 aromatic rings. The summed E-state index contributed by atoms with van der Waals surface area (Å²) in [5, 5.41) is 53.6. The average Bonchev–Trinajstić information content (AvgIpc) is 3.00. The summed E-state index contributed by atoms with van der Waals surface area (Å²) in [7, 11) is 0. The van der Waals surface area contributed by atoms with Crippen molar-refractivity contribution >= 4 is 5.91 Å². The summed E-state index contributed by atoms with van der Waals surface area (Å²) in [6, 6.07) is -0.812.